The molecule has 1 saturated heterocycles. The summed E-state index contributed by atoms with van der Waals surface area (Å²) in [7, 11) is 0. The van der Waals surface area contributed by atoms with Gasteiger partial charge in [-0.05, 0) is 6.26 Å². The van der Waals surface area contributed by atoms with E-state index >= 15 is 0 Å². The largest absolute Gasteiger partial charge is 0.394 e. The number of imidazole rings is 1. The fourth-order valence-electron chi connectivity index (χ4n) is 2.67. The Hall–Kier alpha value is -1.66. The number of nitrogens with one attached hydrogen (secondary N) is 1. The van der Waals surface area contributed by atoms with Crippen LogP contribution in [-0.2, 0) is 9.47 Å². The van der Waals surface area contributed by atoms with Crippen LogP contribution in [0.1, 0.15) is 6.23 Å². The Balaban J connectivity index is 1.97. The molecule has 0 radical (unpaired) electrons. The van der Waals surface area contributed by atoms with Crippen molar-refractivity contribution in [3.63, 3.8) is 0 Å². The second-order valence-corrected chi connectivity index (χ2v) is 6.33. The number of aromatic amines is 1. The molecule has 1 fully saturated rings. The van der Waals surface area contributed by atoms with Gasteiger partial charge in [-0.15, -0.1) is 0 Å². The number of aromatic nitrogens is 4. The molecular formula is C13H19N5O5S. The smallest absolute Gasteiger partial charge is 0.280 e. The molecule has 5 N–H and O–H groups in total. The number of nitrogens with zero attached hydrogens (tertiary/aromatic N) is 3. The Morgan fingerprint density at radius 3 is 3.08 bits per heavy atom. The third kappa shape index (κ3) is 3.00. The van der Waals surface area contributed by atoms with Crippen molar-refractivity contribution in [2.24, 2.45) is 0 Å². The molecule has 0 aliphatic carbocycles. The van der Waals surface area contributed by atoms with Gasteiger partial charge in [-0.1, -0.05) is 0 Å². The van der Waals surface area contributed by atoms with Crippen molar-refractivity contribution in [2.45, 2.75) is 24.5 Å². The average Bonchev–Trinajstić information content (AvgIpc) is 3.09. The first-order valence-corrected chi connectivity index (χ1v) is 8.73. The number of thioether (sulfide) groups is 1. The number of fused-ring (bicyclic) bond motifs is 1. The van der Waals surface area contributed by atoms with Gasteiger partial charge in [0.2, 0.25) is 5.95 Å². The van der Waals surface area contributed by atoms with Crippen molar-refractivity contribution in [1.82, 2.24) is 19.5 Å². The van der Waals surface area contributed by atoms with Gasteiger partial charge in [0.15, 0.2) is 17.4 Å². The third-order valence-corrected chi connectivity index (χ3v) is 4.39. The number of aliphatic hydroxyl groups excluding tert-OH is 2. The van der Waals surface area contributed by atoms with Gasteiger partial charge in [0.05, 0.1) is 19.5 Å². The number of rotatable bonds is 6. The van der Waals surface area contributed by atoms with Gasteiger partial charge in [-0.25, -0.2) is 4.98 Å². The highest BCUT2D eigenvalue weighted by Gasteiger charge is 2.45. The summed E-state index contributed by atoms with van der Waals surface area (Å²) in [6.07, 6.45) is 0.00634. The fourth-order valence-corrected chi connectivity index (χ4v) is 2.93. The summed E-state index contributed by atoms with van der Waals surface area (Å²) in [6.45, 7) is 0.0481. The van der Waals surface area contributed by atoms with Crippen molar-refractivity contribution in [2.75, 3.05) is 31.0 Å². The lowest BCUT2D eigenvalue weighted by atomic mass is 10.1. The minimum atomic E-state index is -1.02. The van der Waals surface area contributed by atoms with Gasteiger partial charge < -0.3 is 25.4 Å². The fraction of sp³-hybridized carbons (Fsp3) is 0.615. The molecule has 0 amide bonds. The zero-order valence-corrected chi connectivity index (χ0v) is 13.8. The van der Waals surface area contributed by atoms with Crippen LogP contribution < -0.4 is 11.3 Å². The van der Waals surface area contributed by atoms with E-state index in [2.05, 4.69) is 15.0 Å². The van der Waals surface area contributed by atoms with E-state index < -0.39 is 30.1 Å². The summed E-state index contributed by atoms with van der Waals surface area (Å²) in [5.74, 6) is 0.696. The van der Waals surface area contributed by atoms with Gasteiger partial charge >= 0.3 is 0 Å². The maximum absolute atomic E-state index is 11.9. The van der Waals surface area contributed by atoms with Crippen molar-refractivity contribution in [3.05, 3.63) is 16.7 Å². The average molecular weight is 357 g/mol. The lowest BCUT2D eigenvalue weighted by molar-refractivity contribution is -0.0671. The molecule has 0 spiro atoms. The summed E-state index contributed by atoms with van der Waals surface area (Å²) >= 11 is 1.61. The number of anilines is 1. The van der Waals surface area contributed by atoms with Crippen LogP contribution in [0, 0.1) is 0 Å². The number of hydrogen-bond acceptors (Lipinski definition) is 9. The molecule has 132 valence electrons. The van der Waals surface area contributed by atoms with Gasteiger partial charge in [-0.3, -0.25) is 14.3 Å². The van der Waals surface area contributed by atoms with Crippen LogP contribution in [0.5, 0.6) is 0 Å². The second kappa shape index (κ2) is 7.07. The molecule has 3 rings (SSSR count). The van der Waals surface area contributed by atoms with Gasteiger partial charge in [0, 0.05) is 5.75 Å². The molecule has 11 heteroatoms. The van der Waals surface area contributed by atoms with Crippen LogP contribution in [0.15, 0.2) is 11.1 Å². The van der Waals surface area contributed by atoms with Crippen LogP contribution in [0.4, 0.5) is 5.95 Å². The molecule has 0 saturated carbocycles. The molecule has 1 aliphatic heterocycles. The molecule has 4 atom stereocenters. The molecule has 2 aromatic heterocycles. The number of nitrogens with two attached hydrogens (primary N) is 1. The topological polar surface area (TPSA) is 149 Å². The Kier molecular flexibility index (Phi) is 5.06. The first kappa shape index (κ1) is 17.2. The Bertz CT molecular complexity index is 765. The molecule has 3 heterocycles. The van der Waals surface area contributed by atoms with Crippen LogP contribution in [-0.4, -0.2) is 73.3 Å². The highest BCUT2D eigenvalue weighted by Crippen LogP contribution is 2.33. The Morgan fingerprint density at radius 1 is 1.58 bits per heavy atom. The van der Waals surface area contributed by atoms with Crippen molar-refractivity contribution in [1.29, 1.82) is 0 Å². The predicted molar refractivity (Wildman–Crippen MR) is 87.7 cm³/mol. The van der Waals surface area contributed by atoms with Crippen LogP contribution in [0.3, 0.4) is 0 Å². The lowest BCUT2D eigenvalue weighted by Crippen LogP contribution is -2.36. The highest BCUT2D eigenvalue weighted by molar-refractivity contribution is 7.98. The van der Waals surface area contributed by atoms with Gasteiger partial charge in [0.1, 0.15) is 18.3 Å². The minimum Gasteiger partial charge on any atom is -0.394 e. The van der Waals surface area contributed by atoms with Gasteiger partial charge in [-0.2, -0.15) is 16.7 Å². The first-order chi connectivity index (χ1) is 11.6. The highest BCUT2D eigenvalue weighted by atomic mass is 32.2. The van der Waals surface area contributed by atoms with E-state index in [1.165, 1.54) is 10.9 Å². The number of H-pyrrole nitrogens is 1. The second-order valence-electron chi connectivity index (χ2n) is 5.34. The van der Waals surface area contributed by atoms with E-state index in [1.807, 2.05) is 6.26 Å². The van der Waals surface area contributed by atoms with Crippen LogP contribution in [0.25, 0.3) is 11.2 Å². The van der Waals surface area contributed by atoms with Gasteiger partial charge in [0.25, 0.3) is 5.56 Å². The van der Waals surface area contributed by atoms with E-state index in [4.69, 9.17) is 15.2 Å². The Labute approximate surface area is 141 Å². The lowest BCUT2D eigenvalue weighted by Gasteiger charge is -2.21. The first-order valence-electron chi connectivity index (χ1n) is 7.34. The predicted octanol–water partition coefficient (Wildman–Crippen LogP) is -1.30. The molecule has 0 unspecified atom stereocenters. The van der Waals surface area contributed by atoms with Crippen LogP contribution >= 0.6 is 11.8 Å². The number of aliphatic hydroxyl groups is 2. The van der Waals surface area contributed by atoms with Crippen molar-refractivity contribution >= 4 is 28.9 Å². The molecule has 0 aromatic carbocycles. The summed E-state index contributed by atoms with van der Waals surface area (Å²) in [5.41, 5.74) is 5.46. The zero-order valence-electron chi connectivity index (χ0n) is 13.0. The van der Waals surface area contributed by atoms with E-state index in [9.17, 15) is 15.0 Å². The van der Waals surface area contributed by atoms with E-state index in [1.54, 1.807) is 11.8 Å². The maximum atomic E-state index is 11.9. The molecule has 1 aliphatic rings. The molecular weight excluding hydrogens is 338 g/mol. The minimum absolute atomic E-state index is 0.0497. The third-order valence-electron chi connectivity index (χ3n) is 3.82. The number of hydrogen-bond donors (Lipinski definition) is 4. The SMILES string of the molecule is CSCCO[C@@H]1[C@H](O)[C@@H](CO)O[C@H]1n1cnc2c(=O)[nH]c(N)nc21. The number of ether oxygens (including phenoxy) is 2. The zero-order chi connectivity index (χ0) is 17.3. The number of nitrogen functional groups attached to an aromatic ring is 1. The molecule has 2 aromatic rings. The van der Waals surface area contributed by atoms with Crippen LogP contribution in [0.2, 0.25) is 0 Å². The van der Waals surface area contributed by atoms with E-state index in [0.717, 1.165) is 5.75 Å². The molecule has 10 nitrogen and oxygen atoms in total. The quantitative estimate of drug-likeness (QED) is 0.463. The molecule has 0 bridgehead atoms. The summed E-state index contributed by atoms with van der Waals surface area (Å²) in [6, 6.07) is 0. The van der Waals surface area contributed by atoms with E-state index in [-0.39, 0.29) is 23.7 Å². The van der Waals surface area contributed by atoms with E-state index in [0.29, 0.717) is 6.61 Å². The summed E-state index contributed by atoms with van der Waals surface area (Å²) in [5, 5.41) is 19.7. The monoisotopic (exact) mass is 357 g/mol. The van der Waals surface area contributed by atoms with Crippen molar-refractivity contribution in [3.8, 4) is 0 Å². The molecule has 24 heavy (non-hydrogen) atoms. The summed E-state index contributed by atoms with van der Waals surface area (Å²) in [4.78, 5) is 22.4. The van der Waals surface area contributed by atoms with Crippen molar-refractivity contribution < 1.29 is 19.7 Å². The standard InChI is InChI=1S/C13H19N5O5S/c1-24-3-2-22-9-8(20)6(4-19)23-12(9)18-5-15-7-10(18)16-13(14)17-11(7)21/h5-6,8-9,12,19-20H,2-4H2,1H3,(H3,14,16,17,21)/t6-,8-,9-,12-/m1/s1. The normalized spacial score (nSPS) is 27.1. The Morgan fingerprint density at radius 2 is 2.38 bits per heavy atom. The maximum Gasteiger partial charge on any atom is 0.280 e. The summed E-state index contributed by atoms with van der Waals surface area (Å²) < 4.78 is 12.9.